The minimum Gasteiger partial charge on any atom is -0.315 e. The number of nitrogens with one attached hydrogen (secondary N) is 2. The van der Waals surface area contributed by atoms with Crippen molar-refractivity contribution in [3.63, 3.8) is 0 Å². The first-order valence-electron chi connectivity index (χ1n) is 6.21. The van der Waals surface area contributed by atoms with E-state index >= 15 is 0 Å². The highest BCUT2D eigenvalue weighted by atomic mass is 16.1. The molecule has 2 rings (SSSR count). The topological polar surface area (TPSA) is 49.8 Å². The Morgan fingerprint density at radius 3 is 2.50 bits per heavy atom. The molecule has 0 spiro atoms. The van der Waals surface area contributed by atoms with Gasteiger partial charge >= 0.3 is 0 Å². The quantitative estimate of drug-likeness (QED) is 0.862. The molecule has 0 aliphatic rings. The number of aryl methyl sites for hydroxylation is 2. The highest BCUT2D eigenvalue weighted by molar-refractivity contribution is 5.35. The van der Waals surface area contributed by atoms with E-state index in [4.69, 9.17) is 0 Å². The molecule has 0 radical (unpaired) electrons. The van der Waals surface area contributed by atoms with Crippen molar-refractivity contribution in [3.05, 3.63) is 51.4 Å². The zero-order valence-corrected chi connectivity index (χ0v) is 11.1. The number of H-pyrrole nitrogens is 1. The summed E-state index contributed by atoms with van der Waals surface area (Å²) in [7, 11) is 1.84. The number of benzene rings is 1. The standard InChI is InChI=1S/C14H19N3O/c1-4-11-5-7-12(8-6-11)17-14(18)13(9-15-3)10(2)16-17/h5-8,15-16H,4,9H2,1-3H3. The van der Waals surface area contributed by atoms with Crippen LogP contribution in [0.4, 0.5) is 0 Å². The molecule has 2 N–H and O–H groups in total. The zero-order chi connectivity index (χ0) is 13.1. The summed E-state index contributed by atoms with van der Waals surface area (Å²) in [5.41, 5.74) is 3.87. The van der Waals surface area contributed by atoms with E-state index in [-0.39, 0.29) is 5.56 Å². The van der Waals surface area contributed by atoms with Gasteiger partial charge in [0.05, 0.1) is 11.3 Å². The van der Waals surface area contributed by atoms with Crippen LogP contribution in [0.25, 0.3) is 5.69 Å². The van der Waals surface area contributed by atoms with E-state index in [1.54, 1.807) is 4.68 Å². The minimum atomic E-state index is 0.0195. The van der Waals surface area contributed by atoms with Crippen molar-refractivity contribution in [2.75, 3.05) is 7.05 Å². The molecule has 2 aromatic rings. The van der Waals surface area contributed by atoms with Gasteiger partial charge in [-0.05, 0) is 38.1 Å². The Morgan fingerprint density at radius 1 is 1.28 bits per heavy atom. The highest BCUT2D eigenvalue weighted by Crippen LogP contribution is 2.09. The van der Waals surface area contributed by atoms with Gasteiger partial charge in [-0.3, -0.25) is 9.89 Å². The van der Waals surface area contributed by atoms with Gasteiger partial charge in [0, 0.05) is 12.2 Å². The van der Waals surface area contributed by atoms with E-state index in [1.807, 2.05) is 26.1 Å². The fourth-order valence-electron chi connectivity index (χ4n) is 2.03. The molecule has 4 heteroatoms. The fraction of sp³-hybridized carbons (Fsp3) is 0.357. The van der Waals surface area contributed by atoms with Gasteiger partial charge in [-0.1, -0.05) is 19.1 Å². The summed E-state index contributed by atoms with van der Waals surface area (Å²) in [6.07, 6.45) is 1.00. The highest BCUT2D eigenvalue weighted by Gasteiger charge is 2.11. The summed E-state index contributed by atoms with van der Waals surface area (Å²) < 4.78 is 1.60. The summed E-state index contributed by atoms with van der Waals surface area (Å²) in [5.74, 6) is 0. The van der Waals surface area contributed by atoms with Crippen LogP contribution in [0.5, 0.6) is 0 Å². The van der Waals surface area contributed by atoms with E-state index in [9.17, 15) is 4.79 Å². The second-order valence-corrected chi connectivity index (χ2v) is 4.41. The lowest BCUT2D eigenvalue weighted by Crippen LogP contribution is -2.20. The van der Waals surface area contributed by atoms with Crippen LogP contribution in [0.2, 0.25) is 0 Å². The third-order valence-corrected chi connectivity index (χ3v) is 3.15. The van der Waals surface area contributed by atoms with Gasteiger partial charge in [0.2, 0.25) is 0 Å². The van der Waals surface area contributed by atoms with Gasteiger partial charge in [0.15, 0.2) is 0 Å². The van der Waals surface area contributed by atoms with Crippen LogP contribution in [0, 0.1) is 6.92 Å². The lowest BCUT2D eigenvalue weighted by atomic mass is 10.1. The largest absolute Gasteiger partial charge is 0.315 e. The van der Waals surface area contributed by atoms with E-state index < -0.39 is 0 Å². The Kier molecular flexibility index (Phi) is 3.67. The SMILES string of the molecule is CCc1ccc(-n2[nH]c(C)c(CNC)c2=O)cc1. The van der Waals surface area contributed by atoms with Crippen LogP contribution >= 0.6 is 0 Å². The maximum atomic E-state index is 12.2. The van der Waals surface area contributed by atoms with Crippen LogP contribution in [0.1, 0.15) is 23.7 Å². The van der Waals surface area contributed by atoms with Gasteiger partial charge in [-0.2, -0.15) is 0 Å². The van der Waals surface area contributed by atoms with E-state index in [0.717, 1.165) is 23.4 Å². The second-order valence-electron chi connectivity index (χ2n) is 4.41. The van der Waals surface area contributed by atoms with E-state index in [1.165, 1.54) is 5.56 Å². The van der Waals surface area contributed by atoms with Crippen molar-refractivity contribution in [2.45, 2.75) is 26.8 Å². The Labute approximate surface area is 107 Å². The Hall–Kier alpha value is -1.81. The lowest BCUT2D eigenvalue weighted by Gasteiger charge is -2.02. The molecule has 0 bridgehead atoms. The normalized spacial score (nSPS) is 10.8. The molecular formula is C14H19N3O. The summed E-state index contributed by atoms with van der Waals surface area (Å²) in [4.78, 5) is 12.2. The van der Waals surface area contributed by atoms with Crippen LogP contribution in [0.15, 0.2) is 29.1 Å². The molecule has 0 atom stereocenters. The lowest BCUT2D eigenvalue weighted by molar-refractivity contribution is 0.801. The molecule has 0 unspecified atom stereocenters. The van der Waals surface area contributed by atoms with E-state index in [2.05, 4.69) is 29.5 Å². The van der Waals surface area contributed by atoms with Crippen molar-refractivity contribution in [1.82, 2.24) is 15.1 Å². The minimum absolute atomic E-state index is 0.0195. The molecular weight excluding hydrogens is 226 g/mol. The molecule has 0 aliphatic carbocycles. The summed E-state index contributed by atoms with van der Waals surface area (Å²) >= 11 is 0. The first-order valence-corrected chi connectivity index (χ1v) is 6.21. The second kappa shape index (κ2) is 5.23. The fourth-order valence-corrected chi connectivity index (χ4v) is 2.03. The predicted molar refractivity (Wildman–Crippen MR) is 73.3 cm³/mol. The maximum absolute atomic E-state index is 12.2. The number of aromatic nitrogens is 2. The first-order chi connectivity index (χ1) is 8.67. The predicted octanol–water partition coefficient (Wildman–Crippen LogP) is 1.76. The average molecular weight is 245 g/mol. The number of hydrogen-bond donors (Lipinski definition) is 2. The smallest absolute Gasteiger partial charge is 0.275 e. The molecule has 0 saturated heterocycles. The monoisotopic (exact) mass is 245 g/mol. The third-order valence-electron chi connectivity index (χ3n) is 3.15. The van der Waals surface area contributed by atoms with Crippen LogP contribution < -0.4 is 10.9 Å². The van der Waals surface area contributed by atoms with Crippen LogP contribution in [0.3, 0.4) is 0 Å². The third kappa shape index (κ3) is 2.24. The molecule has 0 amide bonds. The molecule has 96 valence electrons. The summed E-state index contributed by atoms with van der Waals surface area (Å²) in [6.45, 7) is 4.62. The molecule has 0 aliphatic heterocycles. The maximum Gasteiger partial charge on any atom is 0.275 e. The number of hydrogen-bond acceptors (Lipinski definition) is 2. The molecule has 1 heterocycles. The summed E-state index contributed by atoms with van der Waals surface area (Å²) in [5, 5.41) is 6.13. The van der Waals surface area contributed by atoms with Gasteiger partial charge in [0.25, 0.3) is 5.56 Å². The van der Waals surface area contributed by atoms with Gasteiger partial charge in [-0.15, -0.1) is 0 Å². The summed E-state index contributed by atoms with van der Waals surface area (Å²) in [6, 6.07) is 8.05. The molecule has 0 saturated carbocycles. The first kappa shape index (κ1) is 12.6. The number of nitrogens with zero attached hydrogens (tertiary/aromatic N) is 1. The van der Waals surface area contributed by atoms with Crippen molar-refractivity contribution >= 4 is 0 Å². The van der Waals surface area contributed by atoms with Crippen molar-refractivity contribution in [3.8, 4) is 5.69 Å². The van der Waals surface area contributed by atoms with Gasteiger partial charge in [-0.25, -0.2) is 4.68 Å². The molecule has 4 nitrogen and oxygen atoms in total. The van der Waals surface area contributed by atoms with Crippen LogP contribution in [-0.2, 0) is 13.0 Å². The Balaban J connectivity index is 2.44. The number of rotatable bonds is 4. The van der Waals surface area contributed by atoms with Gasteiger partial charge in [0.1, 0.15) is 0 Å². The van der Waals surface area contributed by atoms with Gasteiger partial charge < -0.3 is 5.32 Å². The Bertz CT molecular complexity index is 578. The molecule has 18 heavy (non-hydrogen) atoms. The van der Waals surface area contributed by atoms with Crippen LogP contribution in [-0.4, -0.2) is 16.8 Å². The van der Waals surface area contributed by atoms with Crippen molar-refractivity contribution in [2.24, 2.45) is 0 Å². The Morgan fingerprint density at radius 2 is 1.94 bits per heavy atom. The average Bonchev–Trinajstić information content (AvgIpc) is 2.67. The van der Waals surface area contributed by atoms with Crippen molar-refractivity contribution < 1.29 is 0 Å². The molecule has 1 aromatic heterocycles. The van der Waals surface area contributed by atoms with Crippen molar-refractivity contribution in [1.29, 1.82) is 0 Å². The number of aromatic amines is 1. The van der Waals surface area contributed by atoms with E-state index in [0.29, 0.717) is 6.54 Å². The molecule has 0 fully saturated rings. The molecule has 1 aromatic carbocycles. The zero-order valence-electron chi connectivity index (χ0n) is 11.1.